The molecule has 0 radical (unpaired) electrons. The van der Waals surface area contributed by atoms with Crippen LogP contribution >= 0.6 is 11.3 Å². The third kappa shape index (κ3) is 2.94. The van der Waals surface area contributed by atoms with Gasteiger partial charge in [-0.3, -0.25) is 4.79 Å². The zero-order valence-corrected chi connectivity index (χ0v) is 14.5. The summed E-state index contributed by atoms with van der Waals surface area (Å²) in [5.74, 6) is 0.0232. The van der Waals surface area contributed by atoms with Gasteiger partial charge in [-0.1, -0.05) is 31.0 Å². The number of nitrogens with zero attached hydrogens (tertiary/aromatic N) is 1. The number of rotatable bonds is 3. The number of carbonyl (C=O) groups excluding carboxylic acids is 1. The summed E-state index contributed by atoms with van der Waals surface area (Å²) < 4.78 is 0. The van der Waals surface area contributed by atoms with Gasteiger partial charge in [-0.25, -0.2) is 4.98 Å². The van der Waals surface area contributed by atoms with Crippen LogP contribution in [0.2, 0.25) is 0 Å². The first-order valence-electron chi connectivity index (χ1n) is 8.48. The van der Waals surface area contributed by atoms with Crippen LogP contribution in [-0.2, 0) is 0 Å². The van der Waals surface area contributed by atoms with E-state index >= 15 is 0 Å². The number of carbonyl (C=O) groups is 1. The minimum atomic E-state index is 0.0232. The fourth-order valence-electron chi connectivity index (χ4n) is 3.39. The summed E-state index contributed by atoms with van der Waals surface area (Å²) in [4.78, 5) is 20.0. The molecule has 1 N–H and O–H groups in total. The lowest BCUT2D eigenvalue weighted by molar-refractivity contribution is 0.0939. The van der Waals surface area contributed by atoms with Crippen molar-refractivity contribution < 1.29 is 4.79 Å². The Morgan fingerprint density at radius 2 is 1.96 bits per heavy atom. The van der Waals surface area contributed by atoms with E-state index in [1.54, 1.807) is 11.3 Å². The van der Waals surface area contributed by atoms with E-state index in [-0.39, 0.29) is 5.91 Å². The fraction of sp³-hybridized carbons (Fsp3) is 0.300. The van der Waals surface area contributed by atoms with Gasteiger partial charge >= 0.3 is 0 Å². The maximum absolute atomic E-state index is 12.9. The van der Waals surface area contributed by atoms with E-state index in [0.717, 1.165) is 39.9 Å². The van der Waals surface area contributed by atoms with Crippen molar-refractivity contribution in [3.05, 3.63) is 52.9 Å². The average molecular weight is 336 g/mol. The van der Waals surface area contributed by atoms with Gasteiger partial charge in [0.2, 0.25) is 0 Å². The van der Waals surface area contributed by atoms with E-state index in [2.05, 4.69) is 24.4 Å². The summed E-state index contributed by atoms with van der Waals surface area (Å²) in [6, 6.07) is 14.3. The highest BCUT2D eigenvalue weighted by Gasteiger charge is 2.20. The molecule has 0 atom stereocenters. The van der Waals surface area contributed by atoms with E-state index in [0.29, 0.717) is 6.04 Å². The molecule has 0 spiro atoms. The highest BCUT2D eigenvalue weighted by molar-refractivity contribution is 7.15. The van der Waals surface area contributed by atoms with E-state index < -0.39 is 0 Å². The van der Waals surface area contributed by atoms with Crippen molar-refractivity contribution in [1.82, 2.24) is 10.3 Å². The molecule has 3 nitrogen and oxygen atoms in total. The highest BCUT2D eigenvalue weighted by atomic mass is 32.1. The topological polar surface area (TPSA) is 42.0 Å². The number of para-hydroxylation sites is 1. The number of aromatic nitrogens is 1. The number of amides is 1. The summed E-state index contributed by atoms with van der Waals surface area (Å²) >= 11 is 1.71. The van der Waals surface area contributed by atoms with Gasteiger partial charge < -0.3 is 5.32 Å². The first kappa shape index (κ1) is 15.3. The van der Waals surface area contributed by atoms with Gasteiger partial charge in [-0.15, -0.1) is 11.3 Å². The molecule has 1 aliphatic carbocycles. The molecular weight excluding hydrogens is 316 g/mol. The first-order valence-corrected chi connectivity index (χ1v) is 9.30. The van der Waals surface area contributed by atoms with Gasteiger partial charge in [-0.2, -0.15) is 0 Å². The number of pyridine rings is 1. The second kappa shape index (κ2) is 6.36. The largest absolute Gasteiger partial charge is 0.349 e. The van der Waals surface area contributed by atoms with Gasteiger partial charge in [0, 0.05) is 16.3 Å². The Hall–Kier alpha value is -2.20. The van der Waals surface area contributed by atoms with Crippen molar-refractivity contribution >= 4 is 28.1 Å². The standard InChI is InChI=1S/C20H20N2OS/c1-13-10-11-19(24-13)18-12-16(15-8-4-5-9-17(15)22-18)20(23)21-14-6-2-3-7-14/h4-5,8-12,14H,2-3,6-7H2,1H3,(H,21,23). The zero-order valence-electron chi connectivity index (χ0n) is 13.7. The van der Waals surface area contributed by atoms with E-state index in [1.807, 2.05) is 30.3 Å². The van der Waals surface area contributed by atoms with Crippen molar-refractivity contribution in [3.8, 4) is 10.6 Å². The number of thiophene rings is 1. The first-order chi connectivity index (χ1) is 11.7. The number of nitrogens with one attached hydrogen (secondary N) is 1. The highest BCUT2D eigenvalue weighted by Crippen LogP contribution is 2.30. The van der Waals surface area contributed by atoms with Crippen LogP contribution in [0.3, 0.4) is 0 Å². The van der Waals surface area contributed by atoms with Crippen LogP contribution in [0.5, 0.6) is 0 Å². The molecule has 3 aromatic rings. The molecule has 0 saturated heterocycles. The monoisotopic (exact) mass is 336 g/mol. The minimum Gasteiger partial charge on any atom is -0.349 e. The number of aryl methyl sites for hydroxylation is 1. The predicted molar refractivity (Wildman–Crippen MR) is 99.5 cm³/mol. The second-order valence-electron chi connectivity index (χ2n) is 6.44. The van der Waals surface area contributed by atoms with Crippen molar-refractivity contribution in [2.75, 3.05) is 0 Å². The molecule has 24 heavy (non-hydrogen) atoms. The molecule has 1 fully saturated rings. The third-order valence-corrected chi connectivity index (χ3v) is 5.67. The Labute approximate surface area is 145 Å². The van der Waals surface area contributed by atoms with E-state index in [9.17, 15) is 4.79 Å². The van der Waals surface area contributed by atoms with Gasteiger partial charge in [-0.05, 0) is 44.0 Å². The summed E-state index contributed by atoms with van der Waals surface area (Å²) in [7, 11) is 0. The quantitative estimate of drug-likeness (QED) is 0.736. The van der Waals surface area contributed by atoms with Crippen molar-refractivity contribution in [3.63, 3.8) is 0 Å². The lowest BCUT2D eigenvalue weighted by atomic mass is 10.1. The average Bonchev–Trinajstić information content (AvgIpc) is 3.25. The normalized spacial score (nSPS) is 15.0. The molecular formula is C20H20N2OS. The minimum absolute atomic E-state index is 0.0232. The summed E-state index contributed by atoms with van der Waals surface area (Å²) in [5.41, 5.74) is 2.48. The SMILES string of the molecule is Cc1ccc(-c2cc(C(=O)NC3CCCC3)c3ccccc3n2)s1. The predicted octanol–water partition coefficient (Wildman–Crippen LogP) is 4.94. The van der Waals surface area contributed by atoms with Crippen molar-refractivity contribution in [1.29, 1.82) is 0 Å². The Morgan fingerprint density at radius 1 is 1.17 bits per heavy atom. The molecule has 1 amide bonds. The van der Waals surface area contributed by atoms with Crippen LogP contribution in [-0.4, -0.2) is 16.9 Å². The molecule has 4 rings (SSSR count). The molecule has 0 bridgehead atoms. The lowest BCUT2D eigenvalue weighted by Crippen LogP contribution is -2.32. The summed E-state index contributed by atoms with van der Waals surface area (Å²) in [6.45, 7) is 2.09. The molecule has 1 aromatic carbocycles. The van der Waals surface area contributed by atoms with Crippen LogP contribution in [0.4, 0.5) is 0 Å². The van der Waals surface area contributed by atoms with Crippen LogP contribution in [0.1, 0.15) is 40.9 Å². The Kier molecular flexibility index (Phi) is 4.07. The van der Waals surface area contributed by atoms with Gasteiger partial charge in [0.25, 0.3) is 5.91 Å². The maximum atomic E-state index is 12.9. The van der Waals surface area contributed by atoms with Gasteiger partial charge in [0.15, 0.2) is 0 Å². The van der Waals surface area contributed by atoms with Gasteiger partial charge in [0.05, 0.1) is 21.7 Å². The molecule has 2 heterocycles. The Bertz CT molecular complexity index is 894. The third-order valence-electron chi connectivity index (χ3n) is 4.64. The molecule has 122 valence electrons. The second-order valence-corrected chi connectivity index (χ2v) is 7.73. The fourth-order valence-corrected chi connectivity index (χ4v) is 4.22. The maximum Gasteiger partial charge on any atom is 0.252 e. The number of benzene rings is 1. The van der Waals surface area contributed by atoms with E-state index in [4.69, 9.17) is 4.98 Å². The van der Waals surface area contributed by atoms with Crippen molar-refractivity contribution in [2.45, 2.75) is 38.6 Å². The Morgan fingerprint density at radius 3 is 2.71 bits per heavy atom. The molecule has 0 unspecified atom stereocenters. The molecule has 4 heteroatoms. The van der Waals surface area contributed by atoms with Crippen molar-refractivity contribution in [2.24, 2.45) is 0 Å². The molecule has 1 aliphatic rings. The molecule has 2 aromatic heterocycles. The van der Waals surface area contributed by atoms with E-state index in [1.165, 1.54) is 17.7 Å². The number of hydrogen-bond donors (Lipinski definition) is 1. The number of fused-ring (bicyclic) bond motifs is 1. The Balaban J connectivity index is 1.78. The lowest BCUT2D eigenvalue weighted by Gasteiger charge is -2.14. The molecule has 0 aliphatic heterocycles. The summed E-state index contributed by atoms with van der Waals surface area (Å²) in [6.07, 6.45) is 4.60. The zero-order chi connectivity index (χ0) is 16.5. The molecule has 1 saturated carbocycles. The van der Waals surface area contributed by atoms with Crippen LogP contribution in [0.25, 0.3) is 21.5 Å². The van der Waals surface area contributed by atoms with Crippen LogP contribution < -0.4 is 5.32 Å². The van der Waals surface area contributed by atoms with Gasteiger partial charge in [0.1, 0.15) is 0 Å². The smallest absolute Gasteiger partial charge is 0.252 e. The number of hydrogen-bond acceptors (Lipinski definition) is 3. The van der Waals surface area contributed by atoms with Crippen LogP contribution in [0.15, 0.2) is 42.5 Å². The van der Waals surface area contributed by atoms with Crippen LogP contribution in [0, 0.1) is 6.92 Å². The summed E-state index contributed by atoms with van der Waals surface area (Å²) in [5, 5.41) is 4.13.